The van der Waals surface area contributed by atoms with E-state index in [0.717, 1.165) is 6.42 Å². The molecule has 22 heavy (non-hydrogen) atoms. The van der Waals surface area contributed by atoms with E-state index in [4.69, 9.17) is 0 Å². The van der Waals surface area contributed by atoms with E-state index in [2.05, 4.69) is 9.98 Å². The van der Waals surface area contributed by atoms with E-state index in [1.807, 2.05) is 31.2 Å². The maximum absolute atomic E-state index is 9.70. The molecule has 114 valence electrons. The van der Waals surface area contributed by atoms with Crippen molar-refractivity contribution in [2.75, 3.05) is 6.54 Å². The van der Waals surface area contributed by atoms with Crippen LogP contribution < -0.4 is 0 Å². The third-order valence-electron chi connectivity index (χ3n) is 3.32. The largest absolute Gasteiger partial charge is 0.507 e. The molecule has 2 aromatic rings. The van der Waals surface area contributed by atoms with E-state index in [-0.39, 0.29) is 17.5 Å². The smallest absolute Gasteiger partial charge is 0.124 e. The lowest BCUT2D eigenvalue weighted by atomic mass is 10.2. The average molecular weight is 296 g/mol. The zero-order chi connectivity index (χ0) is 15.8. The number of phenols is 2. The van der Waals surface area contributed by atoms with Gasteiger partial charge >= 0.3 is 0 Å². The van der Waals surface area contributed by atoms with Crippen molar-refractivity contribution < 1.29 is 10.2 Å². The van der Waals surface area contributed by atoms with Crippen LogP contribution in [0.25, 0.3) is 0 Å². The lowest BCUT2D eigenvalue weighted by Crippen LogP contribution is -2.08. The Balaban J connectivity index is 1.98. The van der Waals surface area contributed by atoms with Gasteiger partial charge in [-0.1, -0.05) is 31.2 Å². The number of para-hydroxylation sites is 2. The number of benzene rings is 2. The summed E-state index contributed by atoms with van der Waals surface area (Å²) in [6, 6.07) is 14.2. The van der Waals surface area contributed by atoms with Crippen LogP contribution in [0.5, 0.6) is 11.5 Å². The van der Waals surface area contributed by atoms with Gasteiger partial charge in [-0.2, -0.15) is 0 Å². The van der Waals surface area contributed by atoms with Gasteiger partial charge in [0.25, 0.3) is 0 Å². The molecule has 0 aliphatic carbocycles. The molecule has 4 heteroatoms. The molecule has 0 amide bonds. The summed E-state index contributed by atoms with van der Waals surface area (Å²) < 4.78 is 0. The van der Waals surface area contributed by atoms with Gasteiger partial charge in [0.05, 0.1) is 12.6 Å². The highest BCUT2D eigenvalue weighted by Crippen LogP contribution is 2.14. The second-order valence-corrected chi connectivity index (χ2v) is 4.95. The highest BCUT2D eigenvalue weighted by atomic mass is 16.3. The standard InChI is InChI=1S/C18H20N2O2/c1-2-16(20-12-15-8-4-6-10-18(15)22)13-19-11-14-7-3-5-9-17(14)21/h3-12,16,21-22H,2,13H2,1H3/b19-11+,20-12-. The van der Waals surface area contributed by atoms with Crippen molar-refractivity contribution in [2.45, 2.75) is 19.4 Å². The van der Waals surface area contributed by atoms with Crippen LogP contribution in [0.15, 0.2) is 58.5 Å². The van der Waals surface area contributed by atoms with Crippen LogP contribution in [0.2, 0.25) is 0 Å². The molecule has 0 aliphatic heterocycles. The van der Waals surface area contributed by atoms with Crippen LogP contribution in [-0.4, -0.2) is 35.2 Å². The Morgan fingerprint density at radius 3 is 2.00 bits per heavy atom. The Kier molecular flexibility index (Phi) is 5.72. The number of hydrogen-bond acceptors (Lipinski definition) is 4. The van der Waals surface area contributed by atoms with Crippen molar-refractivity contribution in [3.63, 3.8) is 0 Å². The first-order valence-electron chi connectivity index (χ1n) is 7.29. The summed E-state index contributed by atoms with van der Waals surface area (Å²) in [4.78, 5) is 8.81. The number of nitrogens with zero attached hydrogens (tertiary/aromatic N) is 2. The predicted octanol–water partition coefficient (Wildman–Crippen LogP) is 3.41. The fourth-order valence-corrected chi connectivity index (χ4v) is 1.93. The van der Waals surface area contributed by atoms with Gasteiger partial charge in [0, 0.05) is 23.6 Å². The van der Waals surface area contributed by atoms with E-state index in [1.165, 1.54) is 0 Å². The van der Waals surface area contributed by atoms with Gasteiger partial charge in [-0.3, -0.25) is 9.98 Å². The summed E-state index contributed by atoms with van der Waals surface area (Å²) in [7, 11) is 0. The Bertz CT molecular complexity index is 666. The van der Waals surface area contributed by atoms with Crippen molar-refractivity contribution in [1.29, 1.82) is 0 Å². The highest BCUT2D eigenvalue weighted by Gasteiger charge is 2.03. The molecule has 0 aromatic heterocycles. The quantitative estimate of drug-likeness (QED) is 0.802. The first kappa shape index (κ1) is 15.8. The van der Waals surface area contributed by atoms with Crippen LogP contribution in [-0.2, 0) is 0 Å². The van der Waals surface area contributed by atoms with E-state index in [0.29, 0.717) is 17.7 Å². The van der Waals surface area contributed by atoms with Crippen LogP contribution in [0.3, 0.4) is 0 Å². The van der Waals surface area contributed by atoms with Crippen molar-refractivity contribution in [2.24, 2.45) is 9.98 Å². The zero-order valence-corrected chi connectivity index (χ0v) is 12.6. The Morgan fingerprint density at radius 1 is 0.909 bits per heavy atom. The molecule has 0 radical (unpaired) electrons. The van der Waals surface area contributed by atoms with Crippen LogP contribution in [0.4, 0.5) is 0 Å². The van der Waals surface area contributed by atoms with Crippen LogP contribution >= 0.6 is 0 Å². The highest BCUT2D eigenvalue weighted by molar-refractivity contribution is 5.84. The van der Waals surface area contributed by atoms with Crippen molar-refractivity contribution in [1.82, 2.24) is 0 Å². The van der Waals surface area contributed by atoms with Crippen molar-refractivity contribution in [3.05, 3.63) is 59.7 Å². The maximum Gasteiger partial charge on any atom is 0.124 e. The lowest BCUT2D eigenvalue weighted by Gasteiger charge is -2.06. The van der Waals surface area contributed by atoms with Gasteiger partial charge in [-0.05, 0) is 30.7 Å². The van der Waals surface area contributed by atoms with E-state index >= 15 is 0 Å². The third kappa shape index (κ3) is 4.45. The fourth-order valence-electron chi connectivity index (χ4n) is 1.93. The van der Waals surface area contributed by atoms with Crippen molar-refractivity contribution >= 4 is 12.4 Å². The molecule has 0 saturated carbocycles. The lowest BCUT2D eigenvalue weighted by molar-refractivity contribution is 0.474. The maximum atomic E-state index is 9.70. The summed E-state index contributed by atoms with van der Waals surface area (Å²) in [6.07, 6.45) is 4.19. The summed E-state index contributed by atoms with van der Waals surface area (Å²) >= 11 is 0. The predicted molar refractivity (Wildman–Crippen MR) is 90.3 cm³/mol. The average Bonchev–Trinajstić information content (AvgIpc) is 2.54. The normalized spacial score (nSPS) is 13.0. The van der Waals surface area contributed by atoms with Gasteiger partial charge in [0.15, 0.2) is 0 Å². The fraction of sp³-hybridized carbons (Fsp3) is 0.222. The number of phenolic OH excluding ortho intramolecular Hbond substituents is 2. The Morgan fingerprint density at radius 2 is 1.45 bits per heavy atom. The van der Waals surface area contributed by atoms with Crippen LogP contribution in [0.1, 0.15) is 24.5 Å². The molecule has 2 N–H and O–H groups in total. The molecule has 4 nitrogen and oxygen atoms in total. The topological polar surface area (TPSA) is 65.2 Å². The molecular formula is C18H20N2O2. The molecule has 0 heterocycles. The number of rotatable bonds is 6. The summed E-state index contributed by atoms with van der Waals surface area (Å²) in [5.74, 6) is 0.441. The number of hydrogen-bond donors (Lipinski definition) is 2. The minimum absolute atomic E-state index is 0.0433. The molecule has 1 unspecified atom stereocenters. The van der Waals surface area contributed by atoms with Gasteiger partial charge in [-0.15, -0.1) is 0 Å². The molecule has 1 atom stereocenters. The van der Waals surface area contributed by atoms with Crippen LogP contribution in [0, 0.1) is 0 Å². The zero-order valence-electron chi connectivity index (χ0n) is 12.6. The first-order valence-corrected chi connectivity index (χ1v) is 7.29. The second kappa shape index (κ2) is 7.98. The Hall–Kier alpha value is -2.62. The summed E-state index contributed by atoms with van der Waals surface area (Å²) in [5.41, 5.74) is 1.40. The van der Waals surface area contributed by atoms with Gasteiger partial charge in [0.1, 0.15) is 11.5 Å². The summed E-state index contributed by atoms with van der Waals surface area (Å²) in [6.45, 7) is 2.58. The molecule has 0 aliphatic rings. The number of aliphatic imine (C=N–C) groups is 2. The van der Waals surface area contributed by atoms with Gasteiger partial charge in [-0.25, -0.2) is 0 Å². The second-order valence-electron chi connectivity index (χ2n) is 4.95. The molecule has 2 aromatic carbocycles. The molecular weight excluding hydrogens is 276 g/mol. The number of aromatic hydroxyl groups is 2. The van der Waals surface area contributed by atoms with E-state index < -0.39 is 0 Å². The first-order chi connectivity index (χ1) is 10.7. The molecule has 0 fully saturated rings. The molecule has 0 bridgehead atoms. The minimum atomic E-state index is 0.0433. The minimum Gasteiger partial charge on any atom is -0.507 e. The van der Waals surface area contributed by atoms with Crippen molar-refractivity contribution in [3.8, 4) is 11.5 Å². The molecule has 0 spiro atoms. The van der Waals surface area contributed by atoms with E-state index in [9.17, 15) is 10.2 Å². The Labute approximate surface area is 130 Å². The van der Waals surface area contributed by atoms with E-state index in [1.54, 1.807) is 36.7 Å². The SMILES string of the molecule is CCC(C/N=C/c1ccccc1O)/N=C\c1ccccc1O. The monoisotopic (exact) mass is 296 g/mol. The summed E-state index contributed by atoms with van der Waals surface area (Å²) in [5, 5.41) is 19.4. The van der Waals surface area contributed by atoms with Gasteiger partial charge < -0.3 is 10.2 Å². The molecule has 2 rings (SSSR count). The van der Waals surface area contributed by atoms with Gasteiger partial charge in [0.2, 0.25) is 0 Å². The molecule has 0 saturated heterocycles. The third-order valence-corrected chi connectivity index (χ3v) is 3.32.